The van der Waals surface area contributed by atoms with Crippen LogP contribution in [0, 0.1) is 0 Å². The second kappa shape index (κ2) is 6.54. The van der Waals surface area contributed by atoms with E-state index in [-0.39, 0.29) is 23.0 Å². The summed E-state index contributed by atoms with van der Waals surface area (Å²) in [4.78, 5) is 16.9. The molecule has 1 N–H and O–H groups in total. The lowest BCUT2D eigenvalue weighted by Crippen LogP contribution is -2.26. The number of rotatable bonds is 1. The van der Waals surface area contributed by atoms with Crippen molar-refractivity contribution in [2.75, 3.05) is 18.5 Å². The van der Waals surface area contributed by atoms with Crippen LogP contribution in [0.15, 0.2) is 41.2 Å². The van der Waals surface area contributed by atoms with E-state index in [4.69, 9.17) is 16.3 Å². The third-order valence-corrected chi connectivity index (χ3v) is 4.62. The fraction of sp³-hybridized carbons (Fsp3) is 0.222. The maximum atomic E-state index is 13.2. The number of nitrogens with one attached hydrogen (secondary N) is 1. The van der Waals surface area contributed by atoms with Gasteiger partial charge in [0.25, 0.3) is 5.56 Å². The molecule has 0 saturated heterocycles. The maximum Gasteiger partial charge on any atom is 0.433 e. The van der Waals surface area contributed by atoms with E-state index in [2.05, 4.69) is 10.3 Å². The lowest BCUT2D eigenvalue weighted by atomic mass is 10.1. The summed E-state index contributed by atoms with van der Waals surface area (Å²) in [5.74, 6) is 0. The first-order chi connectivity index (χ1) is 12.9. The van der Waals surface area contributed by atoms with Crippen molar-refractivity contribution in [1.82, 2.24) is 9.55 Å². The van der Waals surface area contributed by atoms with Crippen molar-refractivity contribution in [1.29, 1.82) is 0 Å². The van der Waals surface area contributed by atoms with E-state index < -0.39 is 17.4 Å². The van der Waals surface area contributed by atoms with Crippen molar-refractivity contribution in [3.05, 3.63) is 63.0 Å². The first-order valence-electron chi connectivity index (χ1n) is 8.10. The van der Waals surface area contributed by atoms with Gasteiger partial charge in [0.15, 0.2) is 0 Å². The minimum Gasteiger partial charge on any atom is -0.382 e. The number of hydrogen-bond donors (Lipinski definition) is 1. The molecular formula is C18H13ClF3N3O2. The van der Waals surface area contributed by atoms with Crippen molar-refractivity contribution in [2.45, 2.75) is 12.8 Å². The number of ether oxygens (including phenoxy) is 1. The summed E-state index contributed by atoms with van der Waals surface area (Å²) < 4.78 is 46.2. The second-order valence-electron chi connectivity index (χ2n) is 5.99. The molecular weight excluding hydrogens is 383 g/mol. The molecule has 0 atom stereocenters. The van der Waals surface area contributed by atoms with Gasteiger partial charge in [-0.2, -0.15) is 13.2 Å². The zero-order chi connectivity index (χ0) is 19.2. The first kappa shape index (κ1) is 17.8. The van der Waals surface area contributed by atoms with Gasteiger partial charge < -0.3 is 10.1 Å². The van der Waals surface area contributed by atoms with Crippen molar-refractivity contribution >= 4 is 28.3 Å². The average Bonchev–Trinajstić information content (AvgIpc) is 2.88. The fourth-order valence-corrected chi connectivity index (χ4v) is 3.31. The number of nitrogens with zero attached hydrogens (tertiary/aromatic N) is 2. The van der Waals surface area contributed by atoms with Crippen molar-refractivity contribution in [3.63, 3.8) is 0 Å². The fourth-order valence-electron chi connectivity index (χ4n) is 3.09. The van der Waals surface area contributed by atoms with Crippen LogP contribution in [0.3, 0.4) is 0 Å². The number of pyridine rings is 2. The van der Waals surface area contributed by atoms with Gasteiger partial charge in [0.05, 0.1) is 35.2 Å². The molecule has 1 aliphatic heterocycles. The molecule has 1 aromatic carbocycles. The van der Waals surface area contributed by atoms with E-state index in [1.807, 2.05) is 0 Å². The number of anilines is 1. The Labute approximate surface area is 156 Å². The van der Waals surface area contributed by atoms with Gasteiger partial charge >= 0.3 is 6.18 Å². The summed E-state index contributed by atoms with van der Waals surface area (Å²) in [7, 11) is 0. The van der Waals surface area contributed by atoms with E-state index in [0.717, 1.165) is 10.6 Å². The number of halogens is 4. The van der Waals surface area contributed by atoms with E-state index in [9.17, 15) is 18.0 Å². The van der Waals surface area contributed by atoms with Gasteiger partial charge in [-0.3, -0.25) is 9.36 Å². The normalized spacial score (nSPS) is 14.5. The van der Waals surface area contributed by atoms with Crippen LogP contribution < -0.4 is 10.9 Å². The molecule has 1 aliphatic rings. The summed E-state index contributed by atoms with van der Waals surface area (Å²) in [5, 5.41) is 3.68. The summed E-state index contributed by atoms with van der Waals surface area (Å²) in [6.45, 7) is 0.844. The van der Waals surface area contributed by atoms with Gasteiger partial charge in [-0.05, 0) is 24.3 Å². The minimum absolute atomic E-state index is 0.0442. The Kier molecular flexibility index (Phi) is 4.32. The number of hydrogen-bond acceptors (Lipinski definition) is 4. The maximum absolute atomic E-state index is 13.2. The van der Waals surface area contributed by atoms with Crippen LogP contribution in [0.4, 0.5) is 18.9 Å². The van der Waals surface area contributed by atoms with Gasteiger partial charge in [-0.1, -0.05) is 23.7 Å². The molecule has 4 rings (SSSR count). The highest BCUT2D eigenvalue weighted by Gasteiger charge is 2.33. The molecule has 27 heavy (non-hydrogen) atoms. The molecule has 0 radical (unpaired) electrons. The van der Waals surface area contributed by atoms with E-state index in [1.54, 1.807) is 24.3 Å². The summed E-state index contributed by atoms with van der Waals surface area (Å²) in [5.41, 5.74) is -0.700. The molecule has 0 amide bonds. The molecule has 9 heteroatoms. The number of benzene rings is 1. The molecule has 3 heterocycles. The molecule has 0 unspecified atom stereocenters. The van der Waals surface area contributed by atoms with E-state index >= 15 is 0 Å². The Morgan fingerprint density at radius 2 is 1.96 bits per heavy atom. The highest BCUT2D eigenvalue weighted by Crippen LogP contribution is 2.33. The predicted octanol–water partition coefficient (Wildman–Crippen LogP) is 4.00. The average molecular weight is 396 g/mol. The lowest BCUT2D eigenvalue weighted by molar-refractivity contribution is -0.141. The topological polar surface area (TPSA) is 56.2 Å². The molecule has 0 fully saturated rings. The van der Waals surface area contributed by atoms with Crippen LogP contribution >= 0.6 is 11.6 Å². The first-order valence-corrected chi connectivity index (χ1v) is 8.48. The molecule has 2 aromatic heterocycles. The quantitative estimate of drug-likeness (QED) is 0.676. The minimum atomic E-state index is -4.64. The van der Waals surface area contributed by atoms with Gasteiger partial charge in [0.2, 0.25) is 0 Å². The Hall–Kier alpha value is -2.58. The number of para-hydroxylation sites is 1. The Morgan fingerprint density at radius 1 is 1.19 bits per heavy atom. The van der Waals surface area contributed by atoms with E-state index in [1.165, 1.54) is 6.07 Å². The van der Waals surface area contributed by atoms with Crippen molar-refractivity contribution in [3.8, 4) is 5.69 Å². The third kappa shape index (κ3) is 3.04. The zero-order valence-electron chi connectivity index (χ0n) is 13.8. The lowest BCUT2D eigenvalue weighted by Gasteiger charge is -2.18. The molecule has 3 aromatic rings. The van der Waals surface area contributed by atoms with Gasteiger partial charge in [0.1, 0.15) is 11.3 Å². The zero-order valence-corrected chi connectivity index (χ0v) is 14.6. The second-order valence-corrected chi connectivity index (χ2v) is 6.40. The Morgan fingerprint density at radius 3 is 2.70 bits per heavy atom. The smallest absolute Gasteiger partial charge is 0.382 e. The van der Waals surface area contributed by atoms with E-state index in [0.29, 0.717) is 29.8 Å². The van der Waals surface area contributed by atoms with Crippen LogP contribution in [0.5, 0.6) is 0 Å². The standard InChI is InChI=1S/C18H13ClF3N3O2/c19-12-3-1-2-4-13(12)25-16-10(5-6-14(24-16)18(20,21)22)15-11(17(25)26)9-27-8-7-23-15/h1-6,23H,7-9H2. The predicted molar refractivity (Wildman–Crippen MR) is 95.5 cm³/mol. The molecule has 0 bridgehead atoms. The number of alkyl halides is 3. The van der Waals surface area contributed by atoms with Gasteiger partial charge in [0, 0.05) is 11.9 Å². The summed E-state index contributed by atoms with van der Waals surface area (Å²) in [6, 6.07) is 8.65. The monoisotopic (exact) mass is 395 g/mol. The highest BCUT2D eigenvalue weighted by atomic mass is 35.5. The summed E-state index contributed by atoms with van der Waals surface area (Å²) >= 11 is 6.22. The van der Waals surface area contributed by atoms with Crippen LogP contribution in [-0.4, -0.2) is 22.7 Å². The van der Waals surface area contributed by atoms with Crippen LogP contribution in [0.25, 0.3) is 16.7 Å². The molecule has 0 saturated carbocycles. The Bertz CT molecular complexity index is 1100. The van der Waals surface area contributed by atoms with Crippen LogP contribution in [0.1, 0.15) is 11.3 Å². The SMILES string of the molecule is O=c1c2c(c3ccc(C(F)(F)F)nc3n1-c1ccccc1Cl)NCCOC2. The largest absolute Gasteiger partial charge is 0.433 e. The van der Waals surface area contributed by atoms with Gasteiger partial charge in [-0.25, -0.2) is 4.98 Å². The molecule has 0 spiro atoms. The van der Waals surface area contributed by atoms with Crippen molar-refractivity contribution in [2.24, 2.45) is 0 Å². The molecule has 0 aliphatic carbocycles. The Balaban J connectivity index is 2.15. The van der Waals surface area contributed by atoms with Crippen molar-refractivity contribution < 1.29 is 17.9 Å². The highest BCUT2D eigenvalue weighted by molar-refractivity contribution is 6.32. The third-order valence-electron chi connectivity index (χ3n) is 4.30. The number of aromatic nitrogens is 2. The van der Waals surface area contributed by atoms with Crippen LogP contribution in [0.2, 0.25) is 5.02 Å². The summed E-state index contributed by atoms with van der Waals surface area (Å²) in [6.07, 6.45) is -4.64. The molecule has 140 valence electrons. The molecule has 5 nitrogen and oxygen atoms in total. The van der Waals surface area contributed by atoms with Gasteiger partial charge in [-0.15, -0.1) is 0 Å². The number of fused-ring (bicyclic) bond motifs is 3. The van der Waals surface area contributed by atoms with Crippen LogP contribution in [-0.2, 0) is 17.5 Å².